The smallest absolute Gasteiger partial charge is 0.388 e. The molecule has 0 bridgehead atoms. The van der Waals surface area contributed by atoms with E-state index in [9.17, 15) is 19.3 Å². The Labute approximate surface area is 176 Å². The molecule has 2 heterocycles. The molecular weight excluding hydrogens is 433 g/mol. The van der Waals surface area contributed by atoms with E-state index in [1.807, 2.05) is 0 Å². The number of phosphoric ester groups is 1. The number of rotatable bonds is 8. The number of nitrogens with zero attached hydrogens (tertiary/aromatic N) is 2. The maximum atomic E-state index is 12.5. The molecule has 4 atom stereocenters. The number of benzene rings is 1. The Balaban J connectivity index is 1.83. The monoisotopic (exact) mass is 455 g/mol. The topological polar surface area (TPSA) is 212 Å². The van der Waals surface area contributed by atoms with Gasteiger partial charge in [0.25, 0.3) is 5.91 Å². The van der Waals surface area contributed by atoms with Crippen molar-refractivity contribution in [1.29, 1.82) is 0 Å². The van der Waals surface area contributed by atoms with Gasteiger partial charge in [0, 0.05) is 0 Å². The van der Waals surface area contributed by atoms with Crippen LogP contribution in [-0.2, 0) is 25.0 Å². The lowest BCUT2D eigenvalue weighted by Gasteiger charge is -2.23. The molecule has 168 valence electrons. The first-order valence-corrected chi connectivity index (χ1v) is 10.6. The molecule has 1 saturated heterocycles. The fourth-order valence-corrected chi connectivity index (χ4v) is 3.57. The van der Waals surface area contributed by atoms with Gasteiger partial charge in [-0.3, -0.25) is 18.7 Å². The predicted octanol–water partition coefficient (Wildman–Crippen LogP) is -1.34. The van der Waals surface area contributed by atoms with Gasteiger partial charge >= 0.3 is 7.82 Å². The molecule has 0 saturated carbocycles. The number of nitrogens with one attached hydrogen (secondary N) is 1. The normalized spacial score (nSPS) is 23.6. The third-order valence-corrected chi connectivity index (χ3v) is 5.14. The van der Waals surface area contributed by atoms with Gasteiger partial charge in [-0.2, -0.15) is 0 Å². The molecule has 1 aromatic heterocycles. The molecule has 2 amide bonds. The number of primary amides is 1. The van der Waals surface area contributed by atoms with E-state index in [1.165, 1.54) is 4.57 Å². The van der Waals surface area contributed by atoms with Crippen molar-refractivity contribution in [2.24, 2.45) is 5.73 Å². The fraction of sp³-hybridized carbons (Fsp3) is 0.353. The number of carbonyl (C=O) groups excluding carboxylic acids is 2. The standard InChI is InChI=1S/C17H22N5O8P/c18-15-13(16(19)25)20-8-22(15)17-12(14(24)10(30-17)7-29-31(26,27)28)21-11(23)6-9-4-2-1-3-5-9/h1-5,8,10,12,14,17,24H,6-7,18H2,(H2,19,25)(H,21,23)(H2,26,27,28)/t10-,12-,14-,17-/m1/s1. The van der Waals surface area contributed by atoms with Crippen molar-refractivity contribution in [3.63, 3.8) is 0 Å². The molecule has 1 fully saturated rings. The van der Waals surface area contributed by atoms with Crippen LogP contribution in [0.4, 0.5) is 5.82 Å². The van der Waals surface area contributed by atoms with Crippen LogP contribution >= 0.6 is 7.82 Å². The molecule has 8 N–H and O–H groups in total. The minimum absolute atomic E-state index is 0.00632. The molecule has 1 aliphatic rings. The highest BCUT2D eigenvalue weighted by molar-refractivity contribution is 7.46. The number of ether oxygens (including phenoxy) is 1. The Bertz CT molecular complexity index is 994. The quantitative estimate of drug-likeness (QED) is 0.258. The number of nitrogens with two attached hydrogens (primary N) is 2. The van der Waals surface area contributed by atoms with Gasteiger partial charge in [0.2, 0.25) is 5.91 Å². The molecule has 1 aliphatic heterocycles. The molecule has 3 rings (SSSR count). The number of nitrogen functional groups attached to an aromatic ring is 1. The summed E-state index contributed by atoms with van der Waals surface area (Å²) in [6.45, 7) is -0.662. The van der Waals surface area contributed by atoms with Gasteiger partial charge in [0.15, 0.2) is 11.9 Å². The zero-order valence-electron chi connectivity index (χ0n) is 16.1. The van der Waals surface area contributed by atoms with Crippen LogP contribution in [0.1, 0.15) is 22.3 Å². The molecule has 0 aliphatic carbocycles. The van der Waals surface area contributed by atoms with Crippen molar-refractivity contribution in [2.45, 2.75) is 30.9 Å². The SMILES string of the molecule is NC(=O)c1ncn([C@@H]2O[C@H](COP(=O)(O)O)[C@@H](O)[C@H]2NC(=O)Cc2ccccc2)c1N. The Morgan fingerprint density at radius 1 is 1.29 bits per heavy atom. The number of amides is 2. The van der Waals surface area contributed by atoms with Crippen LogP contribution in [0.5, 0.6) is 0 Å². The lowest BCUT2D eigenvalue weighted by molar-refractivity contribution is -0.122. The number of phosphoric acid groups is 1. The minimum Gasteiger partial charge on any atom is -0.388 e. The van der Waals surface area contributed by atoms with Crippen molar-refractivity contribution >= 4 is 25.5 Å². The zero-order valence-corrected chi connectivity index (χ0v) is 17.0. The summed E-state index contributed by atoms with van der Waals surface area (Å²) in [5, 5.41) is 13.3. The molecule has 13 nitrogen and oxygen atoms in total. The number of aromatic nitrogens is 2. The summed E-state index contributed by atoms with van der Waals surface area (Å²) < 4.78 is 22.3. The van der Waals surface area contributed by atoms with Crippen molar-refractivity contribution in [3.8, 4) is 0 Å². The summed E-state index contributed by atoms with van der Waals surface area (Å²) in [6.07, 6.45) is -2.64. The van der Waals surface area contributed by atoms with E-state index in [2.05, 4.69) is 14.8 Å². The number of carbonyl (C=O) groups is 2. The summed E-state index contributed by atoms with van der Waals surface area (Å²) in [5.41, 5.74) is 11.6. The number of aliphatic hydroxyl groups excluding tert-OH is 1. The van der Waals surface area contributed by atoms with Gasteiger partial charge in [-0.15, -0.1) is 0 Å². The van der Waals surface area contributed by atoms with Crippen LogP contribution in [0.15, 0.2) is 36.7 Å². The number of hydrogen-bond donors (Lipinski definition) is 6. The van der Waals surface area contributed by atoms with Crippen LogP contribution in [0, 0.1) is 0 Å². The molecule has 1 aromatic carbocycles. The molecule has 0 radical (unpaired) electrons. The second-order valence-electron chi connectivity index (χ2n) is 6.85. The molecular formula is C17H22N5O8P. The highest BCUT2D eigenvalue weighted by Crippen LogP contribution is 2.39. The Morgan fingerprint density at radius 2 is 1.97 bits per heavy atom. The maximum Gasteiger partial charge on any atom is 0.469 e. The van der Waals surface area contributed by atoms with Crippen molar-refractivity contribution < 1.29 is 38.3 Å². The zero-order chi connectivity index (χ0) is 22.8. The molecule has 0 spiro atoms. The Kier molecular flexibility index (Phi) is 6.74. The predicted molar refractivity (Wildman–Crippen MR) is 105 cm³/mol. The van der Waals surface area contributed by atoms with Gasteiger partial charge < -0.3 is 36.4 Å². The van der Waals surface area contributed by atoms with Crippen molar-refractivity contribution in [3.05, 3.63) is 47.9 Å². The lowest BCUT2D eigenvalue weighted by atomic mass is 10.1. The van der Waals surface area contributed by atoms with Gasteiger partial charge in [-0.05, 0) is 5.56 Å². The average molecular weight is 455 g/mol. The second kappa shape index (κ2) is 9.14. The van der Waals surface area contributed by atoms with Crippen LogP contribution in [0.25, 0.3) is 0 Å². The first kappa shape index (κ1) is 22.9. The second-order valence-corrected chi connectivity index (χ2v) is 8.09. The summed E-state index contributed by atoms with van der Waals surface area (Å²) in [6, 6.07) is 7.75. The van der Waals surface area contributed by atoms with E-state index in [1.54, 1.807) is 30.3 Å². The summed E-state index contributed by atoms with van der Waals surface area (Å²) in [4.78, 5) is 45.7. The first-order chi connectivity index (χ1) is 14.6. The minimum atomic E-state index is -4.83. The van der Waals surface area contributed by atoms with E-state index in [4.69, 9.17) is 26.0 Å². The summed E-state index contributed by atoms with van der Waals surface area (Å²) in [5.74, 6) is -1.50. The summed E-state index contributed by atoms with van der Waals surface area (Å²) >= 11 is 0. The van der Waals surface area contributed by atoms with Crippen LogP contribution in [-0.4, -0.2) is 61.1 Å². The van der Waals surface area contributed by atoms with Gasteiger partial charge in [0.1, 0.15) is 24.1 Å². The Morgan fingerprint density at radius 3 is 2.55 bits per heavy atom. The number of anilines is 1. The van der Waals surface area contributed by atoms with Crippen molar-refractivity contribution in [1.82, 2.24) is 14.9 Å². The van der Waals surface area contributed by atoms with E-state index in [0.717, 1.165) is 11.9 Å². The van der Waals surface area contributed by atoms with Crippen LogP contribution in [0.3, 0.4) is 0 Å². The highest BCUT2D eigenvalue weighted by atomic mass is 31.2. The fourth-order valence-electron chi connectivity index (χ4n) is 3.23. The molecule has 31 heavy (non-hydrogen) atoms. The molecule has 0 unspecified atom stereocenters. The van der Waals surface area contributed by atoms with Crippen LogP contribution in [0.2, 0.25) is 0 Å². The number of imidazole rings is 1. The molecule has 2 aromatic rings. The number of hydrogen-bond acceptors (Lipinski definition) is 8. The van der Waals surface area contributed by atoms with E-state index < -0.39 is 50.7 Å². The molecule has 14 heteroatoms. The Hall–Kier alpha value is -2.80. The summed E-state index contributed by atoms with van der Waals surface area (Å²) in [7, 11) is -4.83. The number of aliphatic hydroxyl groups is 1. The van der Waals surface area contributed by atoms with Gasteiger partial charge in [0.05, 0.1) is 19.4 Å². The van der Waals surface area contributed by atoms with Gasteiger partial charge in [-0.1, -0.05) is 30.3 Å². The maximum absolute atomic E-state index is 12.5. The van der Waals surface area contributed by atoms with E-state index in [0.29, 0.717) is 0 Å². The lowest BCUT2D eigenvalue weighted by Crippen LogP contribution is -2.47. The highest BCUT2D eigenvalue weighted by Gasteiger charge is 2.47. The average Bonchev–Trinajstić information content (AvgIpc) is 3.21. The first-order valence-electron chi connectivity index (χ1n) is 9.06. The van der Waals surface area contributed by atoms with Crippen LogP contribution < -0.4 is 16.8 Å². The van der Waals surface area contributed by atoms with E-state index >= 15 is 0 Å². The van der Waals surface area contributed by atoms with Crippen molar-refractivity contribution in [2.75, 3.05) is 12.3 Å². The third kappa shape index (κ3) is 5.47. The van der Waals surface area contributed by atoms with E-state index in [-0.39, 0.29) is 17.9 Å². The van der Waals surface area contributed by atoms with Gasteiger partial charge in [-0.25, -0.2) is 9.55 Å². The largest absolute Gasteiger partial charge is 0.469 e. The third-order valence-electron chi connectivity index (χ3n) is 4.65.